The number of halogens is 4. The fourth-order valence-electron chi connectivity index (χ4n) is 1.67. The Kier molecular flexibility index (Phi) is 14.5. The van der Waals surface area contributed by atoms with Crippen LogP contribution in [0.4, 0.5) is 0 Å². The molecule has 0 aromatic heterocycles. The van der Waals surface area contributed by atoms with E-state index in [2.05, 4.69) is 58.0 Å². The highest BCUT2D eigenvalue weighted by Gasteiger charge is 2.04. The Morgan fingerprint density at radius 1 is 0.963 bits per heavy atom. The number of rotatable bonds is 4. The molecule has 5 nitrogen and oxygen atoms in total. The minimum absolute atomic E-state index is 0.0709. The zero-order valence-corrected chi connectivity index (χ0v) is 19.5. The molecule has 0 unspecified atom stereocenters. The zero-order chi connectivity index (χ0) is 20.8. The van der Waals surface area contributed by atoms with Gasteiger partial charge >= 0.3 is 11.9 Å². The lowest BCUT2D eigenvalue weighted by molar-refractivity contribution is -0.140. The fraction of sp³-hybridized carbons (Fsp3) is 0.176. The second kappa shape index (κ2) is 15.0. The molecule has 2 rings (SSSR count). The van der Waals surface area contributed by atoms with Gasteiger partial charge in [0.25, 0.3) is 0 Å². The van der Waals surface area contributed by atoms with Crippen molar-refractivity contribution in [2.75, 3.05) is 7.11 Å². The Labute approximate surface area is 185 Å². The molecule has 148 valence electrons. The number of esters is 1. The topological polar surface area (TPSA) is 80.7 Å². The van der Waals surface area contributed by atoms with Crippen LogP contribution >= 0.6 is 53.2 Å². The van der Waals surface area contributed by atoms with Gasteiger partial charge in [0.1, 0.15) is 0 Å². The minimum atomic E-state index is -1.67. The van der Waals surface area contributed by atoms with Gasteiger partial charge in [-0.1, -0.05) is 68.3 Å². The number of hydrogen-bond acceptors (Lipinski definition) is 4. The van der Waals surface area contributed by atoms with Crippen LogP contribution in [0.1, 0.15) is 11.1 Å². The number of benzene rings is 2. The molecule has 0 saturated heterocycles. The second-order valence-corrected chi connectivity index (χ2v) is 8.92. The monoisotopic (exact) mass is 560 g/mol. The molecule has 0 heterocycles. The third-order valence-electron chi connectivity index (χ3n) is 2.82. The van der Waals surface area contributed by atoms with Gasteiger partial charge < -0.3 is 9.84 Å². The number of carbonyl (C=O) groups excluding carboxylic acids is 1. The molecule has 2 aromatic carbocycles. The molecule has 0 amide bonds. The number of carboxylic acids is 1. The summed E-state index contributed by atoms with van der Waals surface area (Å²) in [5.41, 5.74) is 1.75. The molecular weight excluding hydrogens is 547 g/mol. The van der Waals surface area contributed by atoms with Crippen molar-refractivity contribution in [2.45, 2.75) is 12.8 Å². The van der Waals surface area contributed by atoms with E-state index in [0.29, 0.717) is 6.42 Å². The van der Waals surface area contributed by atoms with E-state index in [-0.39, 0.29) is 12.4 Å². The molecular formula is C17H16Br2Cl2O5S. The number of carboxylic acid groups (broad SMARTS) is 1. The number of methoxy groups -OCH3 is 1. The van der Waals surface area contributed by atoms with Gasteiger partial charge in [-0.05, 0) is 23.3 Å². The highest BCUT2D eigenvalue weighted by atomic mass is 79.9. The summed E-state index contributed by atoms with van der Waals surface area (Å²) in [5, 5.41) is 8.47. The van der Waals surface area contributed by atoms with E-state index in [9.17, 15) is 9.59 Å². The second-order valence-electron chi connectivity index (χ2n) is 4.69. The summed E-state index contributed by atoms with van der Waals surface area (Å²) >= 11 is 6.61. The molecule has 0 atom stereocenters. The van der Waals surface area contributed by atoms with Crippen LogP contribution in [-0.2, 0) is 36.4 Å². The van der Waals surface area contributed by atoms with E-state index in [1.807, 2.05) is 42.5 Å². The number of carbonyl (C=O) groups is 2. The summed E-state index contributed by atoms with van der Waals surface area (Å²) in [6.07, 6.45) is 0.388. The lowest BCUT2D eigenvalue weighted by Crippen LogP contribution is -2.04. The van der Waals surface area contributed by atoms with Crippen molar-refractivity contribution in [3.8, 4) is 0 Å². The molecule has 0 spiro atoms. The molecule has 0 bridgehead atoms. The summed E-state index contributed by atoms with van der Waals surface area (Å²) in [5.74, 6) is -1.03. The molecule has 0 aliphatic heterocycles. The zero-order valence-electron chi connectivity index (χ0n) is 14.0. The summed E-state index contributed by atoms with van der Waals surface area (Å²) in [7, 11) is 8.75. The van der Waals surface area contributed by atoms with E-state index in [1.165, 1.54) is 7.11 Å². The first-order valence-electron chi connectivity index (χ1n) is 7.17. The highest BCUT2D eigenvalue weighted by molar-refractivity contribution is 9.10. The maximum Gasteiger partial charge on any atom is 0.310 e. The molecule has 0 saturated carbocycles. The Morgan fingerprint density at radius 3 is 1.67 bits per heavy atom. The minimum Gasteiger partial charge on any atom is -0.481 e. The fourth-order valence-corrected chi connectivity index (χ4v) is 2.52. The Bertz CT molecular complexity index is 770. The highest BCUT2D eigenvalue weighted by Crippen LogP contribution is 2.16. The quantitative estimate of drug-likeness (QED) is 0.405. The third-order valence-corrected chi connectivity index (χ3v) is 4.37. The van der Waals surface area contributed by atoms with Gasteiger partial charge in [0, 0.05) is 30.3 Å². The van der Waals surface area contributed by atoms with Gasteiger partial charge in [0.05, 0.1) is 20.0 Å². The number of aliphatic carboxylic acids is 1. The van der Waals surface area contributed by atoms with Crippen molar-refractivity contribution in [3.63, 3.8) is 0 Å². The molecule has 2 aromatic rings. The molecule has 0 radical (unpaired) electrons. The summed E-state index contributed by atoms with van der Waals surface area (Å²) in [6, 6.07) is 14.9. The number of ether oxygens (including phenoxy) is 1. The summed E-state index contributed by atoms with van der Waals surface area (Å²) in [4.78, 5) is 21.2. The van der Waals surface area contributed by atoms with Gasteiger partial charge in [0.15, 0.2) is 0 Å². The first kappa shape index (κ1) is 26.1. The van der Waals surface area contributed by atoms with Crippen LogP contribution < -0.4 is 0 Å². The Balaban J connectivity index is 0.000000421. The standard InChI is InChI=1S/C9H9BrO2.C8H7BrO2.Cl2OS/c1-12-9(11)6-7-4-2-3-5-8(7)10;9-7-4-2-1-3-6(7)5-8(10)11;1-4(2)3/h2-5H,6H2,1H3;1-4H,5H2,(H,10,11);. The largest absolute Gasteiger partial charge is 0.481 e. The van der Waals surface area contributed by atoms with Crippen molar-refractivity contribution >= 4 is 74.4 Å². The van der Waals surface area contributed by atoms with Gasteiger partial charge in [-0.15, -0.1) is 0 Å². The molecule has 10 heteroatoms. The number of hydrogen-bond donors (Lipinski definition) is 1. The maximum absolute atomic E-state index is 10.9. The average Bonchev–Trinajstić information content (AvgIpc) is 2.58. The van der Waals surface area contributed by atoms with E-state index in [0.717, 1.165) is 20.1 Å². The lowest BCUT2D eigenvalue weighted by atomic mass is 10.2. The third kappa shape index (κ3) is 13.8. The Hall–Kier alpha value is -0.930. The summed E-state index contributed by atoms with van der Waals surface area (Å²) in [6.45, 7) is 0. The molecule has 1 N–H and O–H groups in total. The smallest absolute Gasteiger partial charge is 0.310 e. The predicted octanol–water partition coefficient (Wildman–Crippen LogP) is 5.28. The maximum atomic E-state index is 10.9. The van der Waals surface area contributed by atoms with Crippen LogP contribution in [0.2, 0.25) is 0 Å². The van der Waals surface area contributed by atoms with Crippen molar-refractivity contribution < 1.29 is 23.6 Å². The van der Waals surface area contributed by atoms with E-state index >= 15 is 0 Å². The van der Waals surface area contributed by atoms with E-state index < -0.39 is 15.2 Å². The first-order chi connectivity index (χ1) is 12.7. The SMILES string of the molecule is COC(=O)Cc1ccccc1Br.O=C(O)Cc1ccccc1Br.O=S(Cl)Cl. The van der Waals surface area contributed by atoms with Crippen LogP contribution in [0.5, 0.6) is 0 Å². The van der Waals surface area contributed by atoms with Crippen LogP contribution in [0.25, 0.3) is 0 Å². The summed E-state index contributed by atoms with van der Waals surface area (Å²) < 4.78 is 15.4. The average molecular weight is 563 g/mol. The van der Waals surface area contributed by atoms with Crippen LogP contribution in [-0.4, -0.2) is 28.4 Å². The van der Waals surface area contributed by atoms with Crippen LogP contribution in [0.15, 0.2) is 57.5 Å². The van der Waals surface area contributed by atoms with Crippen molar-refractivity contribution in [2.24, 2.45) is 0 Å². The molecule has 0 fully saturated rings. The van der Waals surface area contributed by atoms with Crippen molar-refractivity contribution in [3.05, 3.63) is 68.6 Å². The van der Waals surface area contributed by atoms with Crippen LogP contribution in [0.3, 0.4) is 0 Å². The van der Waals surface area contributed by atoms with Gasteiger partial charge in [0.2, 0.25) is 9.23 Å². The van der Waals surface area contributed by atoms with Gasteiger partial charge in [-0.2, -0.15) is 0 Å². The van der Waals surface area contributed by atoms with Crippen LogP contribution in [0, 0.1) is 0 Å². The predicted molar refractivity (Wildman–Crippen MR) is 115 cm³/mol. The lowest BCUT2D eigenvalue weighted by Gasteiger charge is -2.01. The Morgan fingerprint density at radius 2 is 1.33 bits per heavy atom. The van der Waals surface area contributed by atoms with Crippen molar-refractivity contribution in [1.82, 2.24) is 0 Å². The molecule has 0 aliphatic rings. The normalized spacial score (nSPS) is 9.41. The van der Waals surface area contributed by atoms with Gasteiger partial charge in [-0.3, -0.25) is 9.59 Å². The van der Waals surface area contributed by atoms with E-state index in [4.69, 9.17) is 9.32 Å². The molecule has 27 heavy (non-hydrogen) atoms. The van der Waals surface area contributed by atoms with Gasteiger partial charge in [-0.25, -0.2) is 4.21 Å². The van der Waals surface area contributed by atoms with Crippen molar-refractivity contribution in [1.29, 1.82) is 0 Å². The molecule has 0 aliphatic carbocycles. The van der Waals surface area contributed by atoms with E-state index in [1.54, 1.807) is 6.07 Å². The first-order valence-corrected chi connectivity index (χ1v) is 11.6.